The van der Waals surface area contributed by atoms with E-state index in [1.54, 1.807) is 0 Å². The smallest absolute Gasteiger partial charge is 0.0372 e. The summed E-state index contributed by atoms with van der Waals surface area (Å²) in [6.07, 6.45) is 5.54. The fourth-order valence-electron chi connectivity index (χ4n) is 2.98. The lowest BCUT2D eigenvalue weighted by Crippen LogP contribution is -2.27. The van der Waals surface area contributed by atoms with Crippen molar-refractivity contribution in [3.63, 3.8) is 0 Å². The van der Waals surface area contributed by atoms with Gasteiger partial charge in [0.25, 0.3) is 0 Å². The minimum absolute atomic E-state index is 0.809. The second-order valence-corrected chi connectivity index (χ2v) is 4.46. The summed E-state index contributed by atoms with van der Waals surface area (Å²) in [7, 11) is 0. The van der Waals surface area contributed by atoms with Crippen LogP contribution in [-0.2, 0) is 0 Å². The molecule has 1 aromatic rings. The molecule has 0 amide bonds. The summed E-state index contributed by atoms with van der Waals surface area (Å²) in [5.41, 5.74) is 7.92. The fourth-order valence-corrected chi connectivity index (χ4v) is 2.98. The number of anilines is 2. The monoisotopic (exact) mass is 188 g/mol. The first-order valence-corrected chi connectivity index (χ1v) is 5.48. The third kappa shape index (κ3) is 1.10. The predicted octanol–water partition coefficient (Wildman–Crippen LogP) is 2.40. The Bertz CT molecular complexity index is 311. The SMILES string of the molecule is Nc1ccc(N2C3CCC2CC3)cc1. The Balaban J connectivity index is 1.92. The molecule has 3 rings (SSSR count). The number of nitrogen functional groups attached to an aromatic ring is 1. The van der Waals surface area contributed by atoms with E-state index in [2.05, 4.69) is 17.0 Å². The molecule has 0 saturated carbocycles. The van der Waals surface area contributed by atoms with Gasteiger partial charge < -0.3 is 10.6 Å². The Morgan fingerprint density at radius 1 is 0.929 bits per heavy atom. The Hall–Kier alpha value is -1.18. The van der Waals surface area contributed by atoms with Crippen LogP contribution >= 0.6 is 0 Å². The molecule has 2 nitrogen and oxygen atoms in total. The standard InChI is InChI=1S/C12H16N2/c13-9-1-3-10(4-2-9)14-11-5-6-12(14)8-7-11/h1-4,11-12H,5-8,13H2. The molecule has 14 heavy (non-hydrogen) atoms. The third-order valence-electron chi connectivity index (χ3n) is 3.64. The van der Waals surface area contributed by atoms with Crippen LogP contribution in [0.4, 0.5) is 11.4 Å². The van der Waals surface area contributed by atoms with E-state index in [0.29, 0.717) is 0 Å². The Morgan fingerprint density at radius 2 is 1.43 bits per heavy atom. The Kier molecular flexibility index (Phi) is 1.69. The van der Waals surface area contributed by atoms with E-state index in [1.807, 2.05) is 12.1 Å². The highest BCUT2D eigenvalue weighted by Gasteiger charge is 2.38. The summed E-state index contributed by atoms with van der Waals surface area (Å²) < 4.78 is 0. The quantitative estimate of drug-likeness (QED) is 0.686. The number of hydrogen-bond donors (Lipinski definition) is 1. The van der Waals surface area contributed by atoms with Crippen molar-refractivity contribution in [2.24, 2.45) is 0 Å². The first-order valence-electron chi connectivity index (χ1n) is 5.48. The number of nitrogens with zero attached hydrogens (tertiary/aromatic N) is 1. The summed E-state index contributed by atoms with van der Waals surface area (Å²) in [5.74, 6) is 0. The average Bonchev–Trinajstić information content (AvgIpc) is 2.78. The molecule has 1 aromatic carbocycles. The van der Waals surface area contributed by atoms with E-state index >= 15 is 0 Å². The van der Waals surface area contributed by atoms with Crippen molar-refractivity contribution < 1.29 is 0 Å². The lowest BCUT2D eigenvalue weighted by atomic mass is 10.0. The molecule has 0 unspecified atom stereocenters. The van der Waals surface area contributed by atoms with E-state index < -0.39 is 0 Å². The van der Waals surface area contributed by atoms with Crippen LogP contribution in [-0.4, -0.2) is 12.1 Å². The molecule has 0 atom stereocenters. The molecule has 0 aromatic heterocycles. The molecule has 0 spiro atoms. The van der Waals surface area contributed by atoms with Gasteiger partial charge in [-0.15, -0.1) is 0 Å². The molecule has 2 fully saturated rings. The highest BCUT2D eigenvalue weighted by atomic mass is 15.2. The fraction of sp³-hybridized carbons (Fsp3) is 0.500. The number of fused-ring (bicyclic) bond motifs is 2. The van der Waals surface area contributed by atoms with E-state index in [-0.39, 0.29) is 0 Å². The summed E-state index contributed by atoms with van der Waals surface area (Å²) in [6, 6.07) is 9.95. The summed E-state index contributed by atoms with van der Waals surface area (Å²) in [5, 5.41) is 0. The van der Waals surface area contributed by atoms with Gasteiger partial charge >= 0.3 is 0 Å². The second-order valence-electron chi connectivity index (χ2n) is 4.46. The van der Waals surface area contributed by atoms with Crippen LogP contribution in [0.2, 0.25) is 0 Å². The van der Waals surface area contributed by atoms with Gasteiger partial charge in [0.05, 0.1) is 0 Å². The number of benzene rings is 1. The summed E-state index contributed by atoms with van der Waals surface area (Å²) >= 11 is 0. The van der Waals surface area contributed by atoms with Crippen LogP contribution in [0, 0.1) is 0 Å². The highest BCUT2D eigenvalue weighted by Crippen LogP contribution is 2.40. The minimum Gasteiger partial charge on any atom is -0.399 e. The predicted molar refractivity (Wildman–Crippen MR) is 59.4 cm³/mol. The maximum Gasteiger partial charge on any atom is 0.0372 e. The zero-order valence-electron chi connectivity index (χ0n) is 8.32. The van der Waals surface area contributed by atoms with Gasteiger partial charge in [0.15, 0.2) is 0 Å². The molecule has 0 aliphatic carbocycles. The van der Waals surface area contributed by atoms with Gasteiger partial charge in [-0.05, 0) is 49.9 Å². The molecule has 2 N–H and O–H groups in total. The van der Waals surface area contributed by atoms with Crippen LogP contribution in [0.25, 0.3) is 0 Å². The maximum absolute atomic E-state index is 5.69. The molecule has 2 heterocycles. The van der Waals surface area contributed by atoms with E-state index in [9.17, 15) is 0 Å². The largest absolute Gasteiger partial charge is 0.399 e. The first-order chi connectivity index (χ1) is 6.84. The van der Waals surface area contributed by atoms with Crippen LogP contribution in [0.5, 0.6) is 0 Å². The zero-order valence-corrected chi connectivity index (χ0v) is 8.32. The molecule has 0 radical (unpaired) electrons. The molecule has 2 heteroatoms. The van der Waals surface area contributed by atoms with E-state index in [1.165, 1.54) is 31.4 Å². The van der Waals surface area contributed by atoms with Crippen molar-refractivity contribution in [3.8, 4) is 0 Å². The van der Waals surface area contributed by atoms with E-state index in [4.69, 9.17) is 5.73 Å². The molecular formula is C12H16N2. The van der Waals surface area contributed by atoms with E-state index in [0.717, 1.165) is 17.8 Å². The number of hydrogen-bond acceptors (Lipinski definition) is 2. The van der Waals surface area contributed by atoms with Crippen molar-refractivity contribution >= 4 is 11.4 Å². The van der Waals surface area contributed by atoms with Crippen molar-refractivity contribution in [1.29, 1.82) is 0 Å². The molecule has 2 aliphatic rings. The summed E-state index contributed by atoms with van der Waals surface area (Å²) in [4.78, 5) is 2.60. The topological polar surface area (TPSA) is 29.3 Å². The Labute approximate surface area is 84.7 Å². The van der Waals surface area contributed by atoms with Gasteiger partial charge in [-0.25, -0.2) is 0 Å². The molecule has 2 saturated heterocycles. The molecule has 2 bridgehead atoms. The Morgan fingerprint density at radius 3 is 1.93 bits per heavy atom. The van der Waals surface area contributed by atoms with Gasteiger partial charge in [-0.3, -0.25) is 0 Å². The van der Waals surface area contributed by atoms with Crippen LogP contribution in [0.3, 0.4) is 0 Å². The van der Waals surface area contributed by atoms with Crippen molar-refractivity contribution in [2.45, 2.75) is 37.8 Å². The van der Waals surface area contributed by atoms with Gasteiger partial charge in [-0.2, -0.15) is 0 Å². The van der Waals surface area contributed by atoms with Crippen LogP contribution < -0.4 is 10.6 Å². The van der Waals surface area contributed by atoms with Crippen molar-refractivity contribution in [3.05, 3.63) is 24.3 Å². The molecule has 74 valence electrons. The highest BCUT2D eigenvalue weighted by molar-refractivity contribution is 5.55. The lowest BCUT2D eigenvalue weighted by molar-refractivity contribution is 0.576. The molecular weight excluding hydrogens is 172 g/mol. The van der Waals surface area contributed by atoms with Crippen LogP contribution in [0.1, 0.15) is 25.7 Å². The average molecular weight is 188 g/mol. The maximum atomic E-state index is 5.69. The van der Waals surface area contributed by atoms with Gasteiger partial charge in [0.1, 0.15) is 0 Å². The summed E-state index contributed by atoms with van der Waals surface area (Å²) in [6.45, 7) is 0. The normalized spacial score (nSPS) is 29.9. The second kappa shape index (κ2) is 2.91. The van der Waals surface area contributed by atoms with Gasteiger partial charge in [0.2, 0.25) is 0 Å². The number of rotatable bonds is 1. The third-order valence-corrected chi connectivity index (χ3v) is 3.64. The minimum atomic E-state index is 0.809. The molecule has 2 aliphatic heterocycles. The zero-order chi connectivity index (χ0) is 9.54. The van der Waals surface area contributed by atoms with Gasteiger partial charge in [-0.1, -0.05) is 0 Å². The van der Waals surface area contributed by atoms with Gasteiger partial charge in [0, 0.05) is 23.5 Å². The number of nitrogens with two attached hydrogens (primary N) is 1. The first kappa shape index (κ1) is 8.16. The van der Waals surface area contributed by atoms with Crippen LogP contribution in [0.15, 0.2) is 24.3 Å². The van der Waals surface area contributed by atoms with Crippen molar-refractivity contribution in [1.82, 2.24) is 0 Å². The van der Waals surface area contributed by atoms with Crippen molar-refractivity contribution in [2.75, 3.05) is 10.6 Å². The lowest BCUT2D eigenvalue weighted by Gasteiger charge is -2.24.